The van der Waals surface area contributed by atoms with Gasteiger partial charge in [-0.05, 0) is 109 Å². The first-order valence-corrected chi connectivity index (χ1v) is 29.7. The number of rotatable bonds is 53. The van der Waals surface area contributed by atoms with Crippen LogP contribution in [0, 0.1) is 0 Å². The number of hydrogen-bond acceptors (Lipinski definition) is 7. The number of carboxylic acid groups (broad SMARTS) is 1. The molecule has 0 aromatic heterocycles. The number of hydrogen-bond donors (Lipinski definition) is 1. The van der Waals surface area contributed by atoms with Crippen molar-refractivity contribution in [3.8, 4) is 0 Å². The number of carbonyl (C=O) groups is 3. The minimum atomic E-state index is -1.52. The van der Waals surface area contributed by atoms with Crippen LogP contribution in [0.4, 0.5) is 0 Å². The molecule has 1 N–H and O–H groups in total. The largest absolute Gasteiger partial charge is 0.477 e. The van der Waals surface area contributed by atoms with Crippen LogP contribution in [-0.4, -0.2) is 87.4 Å². The van der Waals surface area contributed by atoms with E-state index in [1.807, 2.05) is 21.1 Å². The quantitative estimate of drug-likeness (QED) is 0.0211. The zero-order valence-corrected chi connectivity index (χ0v) is 48.4. The third-order valence-corrected chi connectivity index (χ3v) is 12.2. The lowest BCUT2D eigenvalue weighted by Crippen LogP contribution is -2.40. The summed E-state index contributed by atoms with van der Waals surface area (Å²) in [5.74, 6) is -2.05. The van der Waals surface area contributed by atoms with E-state index in [1.54, 1.807) is 0 Å². The summed E-state index contributed by atoms with van der Waals surface area (Å²) in [4.78, 5) is 37.5. The van der Waals surface area contributed by atoms with E-state index >= 15 is 0 Å². The van der Waals surface area contributed by atoms with Crippen LogP contribution in [0.15, 0.2) is 122 Å². The predicted molar refractivity (Wildman–Crippen MR) is 318 cm³/mol. The summed E-state index contributed by atoms with van der Waals surface area (Å²) in [5.41, 5.74) is 0. The van der Waals surface area contributed by atoms with Gasteiger partial charge in [-0.3, -0.25) is 9.59 Å². The maximum Gasteiger partial charge on any atom is 0.361 e. The van der Waals surface area contributed by atoms with Crippen LogP contribution < -0.4 is 0 Å². The highest BCUT2D eigenvalue weighted by atomic mass is 16.7. The maximum absolute atomic E-state index is 12.9. The van der Waals surface area contributed by atoms with Gasteiger partial charge in [0.05, 0.1) is 34.4 Å². The molecule has 426 valence electrons. The topological polar surface area (TPSA) is 108 Å². The average Bonchev–Trinajstić information content (AvgIpc) is 3.38. The molecule has 2 atom stereocenters. The van der Waals surface area contributed by atoms with E-state index in [0.29, 0.717) is 17.4 Å². The molecule has 0 rings (SSSR count). The van der Waals surface area contributed by atoms with Crippen LogP contribution in [0.2, 0.25) is 0 Å². The molecule has 0 fully saturated rings. The van der Waals surface area contributed by atoms with Gasteiger partial charge in [-0.15, -0.1) is 0 Å². The van der Waals surface area contributed by atoms with Crippen molar-refractivity contribution < 1.29 is 42.9 Å². The Hall–Kier alpha value is -4.31. The van der Waals surface area contributed by atoms with Crippen LogP contribution in [0.3, 0.4) is 0 Å². The Bertz CT molecular complexity index is 1640. The van der Waals surface area contributed by atoms with Gasteiger partial charge in [0.2, 0.25) is 0 Å². The first-order valence-electron chi connectivity index (χ1n) is 29.7. The van der Waals surface area contributed by atoms with Gasteiger partial charge < -0.3 is 28.5 Å². The van der Waals surface area contributed by atoms with E-state index in [9.17, 15) is 19.5 Å². The Kier molecular flexibility index (Phi) is 52.7. The van der Waals surface area contributed by atoms with E-state index in [1.165, 1.54) is 70.6 Å². The van der Waals surface area contributed by atoms with E-state index in [-0.39, 0.29) is 38.6 Å². The van der Waals surface area contributed by atoms with Crippen LogP contribution in [0.5, 0.6) is 0 Å². The molecule has 0 radical (unpaired) electrons. The zero-order chi connectivity index (χ0) is 54.8. The lowest BCUT2D eigenvalue weighted by molar-refractivity contribution is -0.870. The summed E-state index contributed by atoms with van der Waals surface area (Å²) >= 11 is 0. The molecule has 75 heavy (non-hydrogen) atoms. The van der Waals surface area contributed by atoms with Gasteiger partial charge in [0.15, 0.2) is 6.10 Å². The average molecular weight is 1050 g/mol. The van der Waals surface area contributed by atoms with Gasteiger partial charge in [-0.25, -0.2) is 4.79 Å². The summed E-state index contributed by atoms with van der Waals surface area (Å²) < 4.78 is 22.9. The number of aliphatic carboxylic acids is 1. The minimum absolute atomic E-state index is 0.176. The molecular formula is C66H110NO8+. The van der Waals surface area contributed by atoms with Crippen LogP contribution >= 0.6 is 0 Å². The van der Waals surface area contributed by atoms with Gasteiger partial charge in [0.25, 0.3) is 6.29 Å². The molecule has 0 aliphatic heterocycles. The number of carboxylic acids is 1. The van der Waals surface area contributed by atoms with Gasteiger partial charge in [0.1, 0.15) is 13.2 Å². The van der Waals surface area contributed by atoms with E-state index in [2.05, 4.69) is 135 Å². The summed E-state index contributed by atoms with van der Waals surface area (Å²) in [6.45, 7) is 4.71. The van der Waals surface area contributed by atoms with Gasteiger partial charge in [-0.2, -0.15) is 0 Å². The number of quaternary nitrogens is 1. The van der Waals surface area contributed by atoms with E-state index in [4.69, 9.17) is 18.9 Å². The Morgan fingerprint density at radius 2 is 0.760 bits per heavy atom. The molecule has 0 aromatic rings. The number of nitrogens with zero attached hydrogens (tertiary/aromatic N) is 1. The molecule has 0 amide bonds. The van der Waals surface area contributed by atoms with Gasteiger partial charge in [-0.1, -0.05) is 219 Å². The second-order valence-corrected chi connectivity index (χ2v) is 20.6. The van der Waals surface area contributed by atoms with E-state index in [0.717, 1.165) is 116 Å². The third kappa shape index (κ3) is 57.2. The number of ether oxygens (including phenoxy) is 4. The number of likely N-dealkylation sites (N-methyl/N-ethyl adjacent to an activating group) is 1. The normalized spacial score (nSPS) is 13.7. The van der Waals surface area contributed by atoms with Crippen molar-refractivity contribution in [2.75, 3.05) is 47.5 Å². The molecule has 0 saturated carbocycles. The number of unbranched alkanes of at least 4 members (excludes halogenated alkanes) is 18. The molecule has 2 unspecified atom stereocenters. The lowest BCUT2D eigenvalue weighted by atomic mass is 10.1. The first kappa shape index (κ1) is 70.7. The minimum Gasteiger partial charge on any atom is -0.477 e. The molecule has 9 nitrogen and oxygen atoms in total. The highest BCUT2D eigenvalue weighted by Gasteiger charge is 2.25. The van der Waals surface area contributed by atoms with Gasteiger partial charge in [0, 0.05) is 12.8 Å². The Morgan fingerprint density at radius 1 is 0.413 bits per heavy atom. The molecule has 0 aliphatic rings. The monoisotopic (exact) mass is 1040 g/mol. The number of allylic oxidation sites excluding steroid dienone is 20. The standard InChI is InChI=1S/C66H109NO8/c1-6-8-10-12-14-16-18-20-22-24-26-28-29-30-31-32-33-34-35-37-39-41-43-45-47-49-51-53-55-57-64(69)75-62(61-74-66(65(70)71)72-59-58-67(3,4)5)60-73-63(68)56-54-52-50-48-46-44-42-40-38-36-27-25-23-21-19-17-15-13-11-9-7-2/h8,10,14,16,19-22,25-28,30-31,33-34,37-40,62,66H,6-7,9,11-13,15,17-18,23-24,29,32,35-36,41-61H2,1-5H3/p+1/b10-8-,16-14-,21-19-,22-20-,27-25-,28-26-,31-30-,34-33-,39-37-,40-38-. The first-order chi connectivity index (χ1) is 36.6. The summed E-state index contributed by atoms with van der Waals surface area (Å²) in [7, 11) is 5.95. The predicted octanol–water partition coefficient (Wildman–Crippen LogP) is 17.7. The van der Waals surface area contributed by atoms with Crippen molar-refractivity contribution in [1.82, 2.24) is 0 Å². The Morgan fingerprint density at radius 3 is 1.13 bits per heavy atom. The van der Waals surface area contributed by atoms with Crippen LogP contribution in [0.25, 0.3) is 0 Å². The SMILES string of the molecule is CC/C=C\C/C=C\C/C=C\C/C=C\C/C=C\C/C=C\C/C=C\CCCCCCCCCC(=O)OC(COC(=O)CCCCCCCC/C=C\C/C=C\C/C=C\CCCCCCC)COC(OCC[N+](C)(C)C)C(=O)O. The second kappa shape index (κ2) is 55.9. The van der Waals surface area contributed by atoms with Crippen LogP contribution in [-0.2, 0) is 33.3 Å². The summed E-state index contributed by atoms with van der Waals surface area (Å²) in [5, 5.41) is 9.71. The van der Waals surface area contributed by atoms with Crippen LogP contribution in [0.1, 0.15) is 219 Å². The molecule has 0 spiro atoms. The molecule has 0 heterocycles. The maximum atomic E-state index is 12.9. The van der Waals surface area contributed by atoms with Crippen molar-refractivity contribution in [3.63, 3.8) is 0 Å². The van der Waals surface area contributed by atoms with Gasteiger partial charge >= 0.3 is 17.9 Å². The summed E-state index contributed by atoms with van der Waals surface area (Å²) in [6.07, 6.45) is 75.5. The third-order valence-electron chi connectivity index (χ3n) is 12.2. The van der Waals surface area contributed by atoms with Crippen molar-refractivity contribution in [2.24, 2.45) is 0 Å². The van der Waals surface area contributed by atoms with Crippen molar-refractivity contribution in [1.29, 1.82) is 0 Å². The van der Waals surface area contributed by atoms with Crippen molar-refractivity contribution in [3.05, 3.63) is 122 Å². The Balaban J connectivity index is 4.33. The fourth-order valence-corrected chi connectivity index (χ4v) is 7.65. The van der Waals surface area contributed by atoms with Crippen molar-refractivity contribution in [2.45, 2.75) is 232 Å². The molecule has 9 heteroatoms. The lowest BCUT2D eigenvalue weighted by Gasteiger charge is -2.25. The molecular weight excluding hydrogens is 935 g/mol. The zero-order valence-electron chi connectivity index (χ0n) is 48.4. The smallest absolute Gasteiger partial charge is 0.361 e. The number of esters is 2. The molecule has 0 aromatic carbocycles. The highest BCUT2D eigenvalue weighted by Crippen LogP contribution is 2.14. The Labute approximate surface area is 459 Å². The molecule has 0 saturated heterocycles. The molecule has 0 bridgehead atoms. The van der Waals surface area contributed by atoms with E-state index < -0.39 is 24.3 Å². The fourth-order valence-electron chi connectivity index (χ4n) is 7.65. The number of carbonyl (C=O) groups excluding carboxylic acids is 2. The second-order valence-electron chi connectivity index (χ2n) is 20.6. The molecule has 0 aliphatic carbocycles. The fraction of sp³-hybridized carbons (Fsp3) is 0.652. The highest BCUT2D eigenvalue weighted by molar-refractivity contribution is 5.71. The summed E-state index contributed by atoms with van der Waals surface area (Å²) in [6, 6.07) is 0. The van der Waals surface area contributed by atoms with Crippen molar-refractivity contribution >= 4 is 17.9 Å².